The number of carbonyl (C=O) groups excluding carboxylic acids is 1. The summed E-state index contributed by atoms with van der Waals surface area (Å²) in [6, 6.07) is 6.09. The van der Waals surface area contributed by atoms with Crippen LogP contribution in [0.15, 0.2) is 30.9 Å². The molecular formula is C16H19N3O. The molecule has 1 N–H and O–H groups in total. The third kappa shape index (κ3) is 2.46. The molecule has 4 heteroatoms. The van der Waals surface area contributed by atoms with Gasteiger partial charge in [0, 0.05) is 19.5 Å². The van der Waals surface area contributed by atoms with E-state index in [2.05, 4.69) is 29.6 Å². The minimum absolute atomic E-state index is 0.0163. The monoisotopic (exact) mass is 269 g/mol. The van der Waals surface area contributed by atoms with E-state index in [1.807, 2.05) is 12.1 Å². The van der Waals surface area contributed by atoms with Crippen molar-refractivity contribution in [3.63, 3.8) is 0 Å². The highest BCUT2D eigenvalue weighted by Crippen LogP contribution is 2.40. The molecule has 3 rings (SSSR count). The fourth-order valence-electron chi connectivity index (χ4n) is 2.51. The molecule has 0 bridgehead atoms. The lowest BCUT2D eigenvalue weighted by Crippen LogP contribution is -2.24. The summed E-state index contributed by atoms with van der Waals surface area (Å²) in [4.78, 5) is 16.4. The first-order valence-electron chi connectivity index (χ1n) is 7.02. The summed E-state index contributed by atoms with van der Waals surface area (Å²) in [5.41, 5.74) is 3.13. The fraction of sp³-hybridized carbons (Fsp3) is 0.375. The van der Waals surface area contributed by atoms with Crippen molar-refractivity contribution in [3.05, 3.63) is 42.2 Å². The Morgan fingerprint density at radius 1 is 1.55 bits per heavy atom. The zero-order chi connectivity index (χ0) is 14.1. The normalized spacial score (nSPS) is 14.4. The van der Waals surface area contributed by atoms with Crippen molar-refractivity contribution in [2.75, 3.05) is 6.54 Å². The summed E-state index contributed by atoms with van der Waals surface area (Å²) in [5, 5.41) is 2.79. The highest BCUT2D eigenvalue weighted by Gasteiger charge is 2.28. The van der Waals surface area contributed by atoms with Crippen molar-refractivity contribution < 1.29 is 4.79 Å². The van der Waals surface area contributed by atoms with E-state index < -0.39 is 0 Å². The first kappa shape index (κ1) is 12.9. The minimum atomic E-state index is 0.0163. The Hall–Kier alpha value is -2.10. The predicted octanol–water partition coefficient (Wildman–Crippen LogP) is 2.30. The molecule has 0 aliphatic heterocycles. The topological polar surface area (TPSA) is 46.9 Å². The number of nitrogens with one attached hydrogen (secondary N) is 1. The molecule has 0 radical (unpaired) electrons. The number of rotatable bonds is 5. The molecule has 0 unspecified atom stereocenters. The van der Waals surface area contributed by atoms with Crippen LogP contribution in [0.25, 0.3) is 11.0 Å². The molecule has 1 aliphatic rings. The van der Waals surface area contributed by atoms with Crippen LogP contribution >= 0.6 is 0 Å². The Kier molecular flexibility index (Phi) is 3.30. The van der Waals surface area contributed by atoms with Gasteiger partial charge < -0.3 is 9.88 Å². The maximum Gasteiger partial charge on any atom is 0.224 e. The van der Waals surface area contributed by atoms with Crippen molar-refractivity contribution in [2.45, 2.75) is 25.2 Å². The summed E-state index contributed by atoms with van der Waals surface area (Å²) in [5.74, 6) is 1.82. The summed E-state index contributed by atoms with van der Waals surface area (Å²) in [6.07, 6.45) is 4.56. The Morgan fingerprint density at radius 2 is 2.35 bits per heavy atom. The van der Waals surface area contributed by atoms with E-state index in [1.165, 1.54) is 18.7 Å². The number of imidazole rings is 1. The smallest absolute Gasteiger partial charge is 0.224 e. The molecule has 0 atom stereocenters. The molecule has 104 valence electrons. The molecule has 0 spiro atoms. The number of aryl methyl sites for hydroxylation is 1. The summed E-state index contributed by atoms with van der Waals surface area (Å²) in [7, 11) is 2.07. The van der Waals surface area contributed by atoms with Gasteiger partial charge in [0.05, 0.1) is 17.5 Å². The van der Waals surface area contributed by atoms with Crippen LogP contribution in [-0.2, 0) is 18.3 Å². The van der Waals surface area contributed by atoms with Gasteiger partial charge in [-0.05, 0) is 30.5 Å². The van der Waals surface area contributed by atoms with E-state index in [1.54, 1.807) is 6.08 Å². The van der Waals surface area contributed by atoms with Gasteiger partial charge in [-0.15, -0.1) is 6.58 Å². The molecule has 1 saturated carbocycles. The quantitative estimate of drug-likeness (QED) is 0.847. The number of carbonyl (C=O) groups is 1. The van der Waals surface area contributed by atoms with E-state index in [0.717, 1.165) is 16.6 Å². The molecule has 1 fully saturated rings. The largest absolute Gasteiger partial charge is 0.352 e. The molecule has 0 saturated heterocycles. The van der Waals surface area contributed by atoms with Gasteiger partial charge >= 0.3 is 0 Å². The molecule has 4 nitrogen and oxygen atoms in total. The van der Waals surface area contributed by atoms with Crippen molar-refractivity contribution in [2.24, 2.45) is 7.05 Å². The Bertz CT molecular complexity index is 668. The average Bonchev–Trinajstić information content (AvgIpc) is 3.22. The molecule has 1 aromatic carbocycles. The number of hydrogen-bond acceptors (Lipinski definition) is 2. The van der Waals surface area contributed by atoms with E-state index in [9.17, 15) is 4.79 Å². The van der Waals surface area contributed by atoms with Gasteiger partial charge in [0.1, 0.15) is 5.82 Å². The predicted molar refractivity (Wildman–Crippen MR) is 79.6 cm³/mol. The minimum Gasteiger partial charge on any atom is -0.352 e. The molecular weight excluding hydrogens is 250 g/mol. The lowest BCUT2D eigenvalue weighted by atomic mass is 10.1. The first-order valence-corrected chi connectivity index (χ1v) is 7.02. The lowest BCUT2D eigenvalue weighted by Gasteiger charge is -2.03. The van der Waals surface area contributed by atoms with Crippen molar-refractivity contribution >= 4 is 16.9 Å². The van der Waals surface area contributed by atoms with Gasteiger partial charge in [-0.2, -0.15) is 0 Å². The summed E-state index contributed by atoms with van der Waals surface area (Å²) >= 11 is 0. The zero-order valence-electron chi connectivity index (χ0n) is 11.7. The Balaban J connectivity index is 1.83. The molecule has 2 aromatic rings. The SMILES string of the molecule is C=CCNC(=O)Cc1ccc2c(c1)nc(C1CC1)n2C. The Labute approximate surface area is 118 Å². The second-order valence-electron chi connectivity index (χ2n) is 5.40. The third-order valence-electron chi connectivity index (χ3n) is 3.73. The van der Waals surface area contributed by atoms with Crippen LogP contribution < -0.4 is 5.32 Å². The van der Waals surface area contributed by atoms with Crippen LogP contribution in [-0.4, -0.2) is 22.0 Å². The van der Waals surface area contributed by atoms with Crippen molar-refractivity contribution in [1.29, 1.82) is 0 Å². The van der Waals surface area contributed by atoms with Gasteiger partial charge in [-0.1, -0.05) is 12.1 Å². The number of aromatic nitrogens is 2. The molecule has 1 aromatic heterocycles. The van der Waals surface area contributed by atoms with E-state index in [0.29, 0.717) is 18.9 Å². The van der Waals surface area contributed by atoms with E-state index in [-0.39, 0.29) is 5.91 Å². The highest BCUT2D eigenvalue weighted by molar-refractivity contribution is 5.82. The number of benzene rings is 1. The van der Waals surface area contributed by atoms with Gasteiger partial charge in [0.15, 0.2) is 0 Å². The van der Waals surface area contributed by atoms with Gasteiger partial charge in [-0.25, -0.2) is 4.98 Å². The molecule has 20 heavy (non-hydrogen) atoms. The average molecular weight is 269 g/mol. The van der Waals surface area contributed by atoms with E-state index in [4.69, 9.17) is 4.98 Å². The van der Waals surface area contributed by atoms with Crippen molar-refractivity contribution in [1.82, 2.24) is 14.9 Å². The van der Waals surface area contributed by atoms with Crippen molar-refractivity contribution in [3.8, 4) is 0 Å². The van der Waals surface area contributed by atoms with Crippen LogP contribution in [0.1, 0.15) is 30.1 Å². The fourth-order valence-corrected chi connectivity index (χ4v) is 2.51. The van der Waals surface area contributed by atoms with Crippen LogP contribution in [0.5, 0.6) is 0 Å². The summed E-state index contributed by atoms with van der Waals surface area (Å²) in [6.45, 7) is 4.10. The number of amides is 1. The maximum atomic E-state index is 11.7. The molecule has 1 amide bonds. The molecule has 1 heterocycles. The number of hydrogen-bond donors (Lipinski definition) is 1. The van der Waals surface area contributed by atoms with Crippen LogP contribution in [0.3, 0.4) is 0 Å². The van der Waals surface area contributed by atoms with Crippen LogP contribution in [0.2, 0.25) is 0 Å². The lowest BCUT2D eigenvalue weighted by molar-refractivity contribution is -0.120. The van der Waals surface area contributed by atoms with Gasteiger partial charge in [0.2, 0.25) is 5.91 Å². The standard InChI is InChI=1S/C16H19N3O/c1-3-8-17-15(20)10-11-4-7-14-13(9-11)18-16(19(14)2)12-5-6-12/h3-4,7,9,12H,1,5-6,8,10H2,2H3,(H,17,20). The second-order valence-corrected chi connectivity index (χ2v) is 5.40. The highest BCUT2D eigenvalue weighted by atomic mass is 16.1. The maximum absolute atomic E-state index is 11.7. The van der Waals surface area contributed by atoms with Crippen LogP contribution in [0, 0.1) is 0 Å². The molecule has 1 aliphatic carbocycles. The second kappa shape index (κ2) is 5.12. The number of fused-ring (bicyclic) bond motifs is 1. The van der Waals surface area contributed by atoms with Gasteiger partial charge in [-0.3, -0.25) is 4.79 Å². The van der Waals surface area contributed by atoms with Crippen LogP contribution in [0.4, 0.5) is 0 Å². The number of nitrogens with zero attached hydrogens (tertiary/aromatic N) is 2. The first-order chi connectivity index (χ1) is 9.69. The van der Waals surface area contributed by atoms with E-state index >= 15 is 0 Å². The summed E-state index contributed by atoms with van der Waals surface area (Å²) < 4.78 is 2.18. The van der Waals surface area contributed by atoms with Gasteiger partial charge in [0.25, 0.3) is 0 Å². The Morgan fingerprint density at radius 3 is 3.05 bits per heavy atom. The zero-order valence-corrected chi connectivity index (χ0v) is 11.7. The third-order valence-corrected chi connectivity index (χ3v) is 3.73.